The molecule has 2 unspecified atom stereocenters. The van der Waals surface area contributed by atoms with Crippen LogP contribution < -0.4 is 5.32 Å². The SMILES string of the molecule is CC(C)CC1CC(NC(=O)[C@@H]2CC[C@H](C(=O)O)O2)CCO1. The average molecular weight is 299 g/mol. The zero-order chi connectivity index (χ0) is 15.4. The van der Waals surface area contributed by atoms with Crippen LogP contribution in [0.5, 0.6) is 0 Å². The molecule has 0 aromatic rings. The number of carboxylic acids is 1. The molecule has 0 saturated carbocycles. The lowest BCUT2D eigenvalue weighted by molar-refractivity contribution is -0.152. The quantitative estimate of drug-likeness (QED) is 0.800. The van der Waals surface area contributed by atoms with Gasteiger partial charge in [-0.05, 0) is 38.0 Å². The van der Waals surface area contributed by atoms with Crippen molar-refractivity contribution in [2.24, 2.45) is 5.92 Å². The van der Waals surface area contributed by atoms with E-state index in [-0.39, 0.29) is 18.1 Å². The Morgan fingerprint density at radius 1 is 1.24 bits per heavy atom. The number of hydrogen-bond acceptors (Lipinski definition) is 4. The first-order valence-corrected chi connectivity index (χ1v) is 7.76. The van der Waals surface area contributed by atoms with Crippen molar-refractivity contribution in [1.82, 2.24) is 5.32 Å². The minimum Gasteiger partial charge on any atom is -0.479 e. The Kier molecular flexibility index (Phi) is 5.58. The van der Waals surface area contributed by atoms with E-state index in [1.807, 2.05) is 0 Å². The molecule has 2 heterocycles. The first-order valence-electron chi connectivity index (χ1n) is 7.76. The highest BCUT2D eigenvalue weighted by Crippen LogP contribution is 2.23. The average Bonchev–Trinajstić information content (AvgIpc) is 2.88. The van der Waals surface area contributed by atoms with Gasteiger partial charge in [0.25, 0.3) is 0 Å². The monoisotopic (exact) mass is 299 g/mol. The van der Waals surface area contributed by atoms with Gasteiger partial charge in [0.2, 0.25) is 5.91 Å². The molecule has 2 fully saturated rings. The van der Waals surface area contributed by atoms with Crippen molar-refractivity contribution in [3.8, 4) is 0 Å². The summed E-state index contributed by atoms with van der Waals surface area (Å²) in [6.45, 7) is 4.97. The molecule has 0 aliphatic carbocycles. The number of nitrogens with one attached hydrogen (secondary N) is 1. The van der Waals surface area contributed by atoms with Gasteiger partial charge in [0.1, 0.15) is 6.10 Å². The summed E-state index contributed by atoms with van der Waals surface area (Å²) in [7, 11) is 0. The minimum absolute atomic E-state index is 0.0995. The molecule has 0 aromatic heterocycles. The number of carbonyl (C=O) groups excluding carboxylic acids is 1. The predicted molar refractivity (Wildman–Crippen MR) is 75.9 cm³/mol. The summed E-state index contributed by atoms with van der Waals surface area (Å²) in [5.74, 6) is -0.610. The van der Waals surface area contributed by atoms with Crippen LogP contribution in [0, 0.1) is 5.92 Å². The predicted octanol–water partition coefficient (Wildman–Crippen LogP) is 1.33. The highest BCUT2D eigenvalue weighted by atomic mass is 16.5. The highest BCUT2D eigenvalue weighted by molar-refractivity contribution is 5.82. The van der Waals surface area contributed by atoms with Crippen LogP contribution in [-0.2, 0) is 19.1 Å². The van der Waals surface area contributed by atoms with Crippen molar-refractivity contribution in [3.05, 3.63) is 0 Å². The van der Waals surface area contributed by atoms with Gasteiger partial charge in [0, 0.05) is 12.6 Å². The minimum atomic E-state index is -0.992. The third-order valence-corrected chi connectivity index (χ3v) is 4.04. The van der Waals surface area contributed by atoms with Crippen molar-refractivity contribution in [2.75, 3.05) is 6.61 Å². The van der Waals surface area contributed by atoms with Crippen LogP contribution in [0.1, 0.15) is 46.0 Å². The van der Waals surface area contributed by atoms with Gasteiger partial charge >= 0.3 is 5.97 Å². The maximum absolute atomic E-state index is 12.1. The van der Waals surface area contributed by atoms with E-state index in [4.69, 9.17) is 14.6 Å². The maximum Gasteiger partial charge on any atom is 0.332 e. The molecule has 2 N–H and O–H groups in total. The van der Waals surface area contributed by atoms with Crippen molar-refractivity contribution >= 4 is 11.9 Å². The first-order chi connectivity index (χ1) is 9.95. The molecule has 6 heteroatoms. The summed E-state index contributed by atoms with van der Waals surface area (Å²) in [6.07, 6.45) is 2.21. The number of amides is 1. The molecule has 2 saturated heterocycles. The Morgan fingerprint density at radius 2 is 1.95 bits per heavy atom. The van der Waals surface area contributed by atoms with Gasteiger partial charge in [-0.2, -0.15) is 0 Å². The van der Waals surface area contributed by atoms with Gasteiger partial charge in [-0.15, -0.1) is 0 Å². The van der Waals surface area contributed by atoms with Crippen LogP contribution in [-0.4, -0.2) is 47.9 Å². The summed E-state index contributed by atoms with van der Waals surface area (Å²) in [5.41, 5.74) is 0. The summed E-state index contributed by atoms with van der Waals surface area (Å²) < 4.78 is 11.0. The highest BCUT2D eigenvalue weighted by Gasteiger charge is 2.36. The largest absolute Gasteiger partial charge is 0.479 e. The normalized spacial score (nSPS) is 33.1. The molecule has 2 rings (SSSR count). The van der Waals surface area contributed by atoms with Crippen LogP contribution in [0.25, 0.3) is 0 Å². The lowest BCUT2D eigenvalue weighted by atomic mass is 9.96. The number of aliphatic carboxylic acids is 1. The van der Waals surface area contributed by atoms with Gasteiger partial charge in [-0.25, -0.2) is 4.79 Å². The summed E-state index contributed by atoms with van der Waals surface area (Å²) >= 11 is 0. The Morgan fingerprint density at radius 3 is 2.57 bits per heavy atom. The number of rotatable bonds is 5. The van der Waals surface area contributed by atoms with Gasteiger partial charge in [0.15, 0.2) is 6.10 Å². The molecule has 6 nitrogen and oxygen atoms in total. The molecule has 0 bridgehead atoms. The number of carbonyl (C=O) groups is 2. The van der Waals surface area contributed by atoms with E-state index in [2.05, 4.69) is 19.2 Å². The molecular formula is C15H25NO5. The third-order valence-electron chi connectivity index (χ3n) is 4.04. The number of ether oxygens (including phenoxy) is 2. The molecule has 21 heavy (non-hydrogen) atoms. The van der Waals surface area contributed by atoms with E-state index in [9.17, 15) is 9.59 Å². The summed E-state index contributed by atoms with van der Waals surface area (Å²) in [6, 6.07) is 0.0995. The van der Waals surface area contributed by atoms with Gasteiger partial charge < -0.3 is 19.9 Å². The lowest BCUT2D eigenvalue weighted by Crippen LogP contribution is -2.46. The van der Waals surface area contributed by atoms with Crippen molar-refractivity contribution < 1.29 is 24.2 Å². The van der Waals surface area contributed by atoms with Crippen LogP contribution >= 0.6 is 0 Å². The molecule has 2 aliphatic rings. The smallest absolute Gasteiger partial charge is 0.332 e. The van der Waals surface area contributed by atoms with E-state index >= 15 is 0 Å². The van der Waals surface area contributed by atoms with Crippen LogP contribution in [0.2, 0.25) is 0 Å². The summed E-state index contributed by atoms with van der Waals surface area (Å²) in [5, 5.41) is 11.9. The number of hydrogen-bond donors (Lipinski definition) is 2. The van der Waals surface area contributed by atoms with Crippen molar-refractivity contribution in [2.45, 2.75) is 70.3 Å². The fraction of sp³-hybridized carbons (Fsp3) is 0.867. The van der Waals surface area contributed by atoms with Crippen LogP contribution in [0.3, 0.4) is 0 Å². The van der Waals surface area contributed by atoms with Crippen LogP contribution in [0.4, 0.5) is 0 Å². The third kappa shape index (κ3) is 4.68. The van der Waals surface area contributed by atoms with Crippen molar-refractivity contribution in [3.63, 3.8) is 0 Å². The van der Waals surface area contributed by atoms with E-state index < -0.39 is 18.2 Å². The molecule has 0 aromatic carbocycles. The zero-order valence-electron chi connectivity index (χ0n) is 12.7. The van der Waals surface area contributed by atoms with Gasteiger partial charge in [0.05, 0.1) is 6.10 Å². The molecule has 0 radical (unpaired) electrons. The van der Waals surface area contributed by atoms with Crippen LogP contribution in [0.15, 0.2) is 0 Å². The topological polar surface area (TPSA) is 84.9 Å². The molecule has 2 aliphatic heterocycles. The van der Waals surface area contributed by atoms with E-state index in [1.165, 1.54) is 0 Å². The fourth-order valence-electron chi connectivity index (χ4n) is 3.01. The first kappa shape index (κ1) is 16.2. The Balaban J connectivity index is 1.78. The van der Waals surface area contributed by atoms with E-state index in [0.29, 0.717) is 25.4 Å². The fourth-order valence-corrected chi connectivity index (χ4v) is 3.01. The van der Waals surface area contributed by atoms with Crippen molar-refractivity contribution in [1.29, 1.82) is 0 Å². The molecule has 120 valence electrons. The zero-order valence-corrected chi connectivity index (χ0v) is 12.7. The Labute approximate surface area is 125 Å². The molecule has 0 spiro atoms. The number of carboxylic acid groups (broad SMARTS) is 1. The molecule has 4 atom stereocenters. The molecule has 1 amide bonds. The standard InChI is InChI=1S/C15H25NO5/c1-9(2)7-11-8-10(5-6-20-11)16-14(17)12-3-4-13(21-12)15(18)19/h9-13H,3-8H2,1-2H3,(H,16,17)(H,18,19)/t10?,11?,12-,13+/m0/s1. The van der Waals surface area contributed by atoms with E-state index in [0.717, 1.165) is 19.3 Å². The second-order valence-corrected chi connectivity index (χ2v) is 6.38. The molecular weight excluding hydrogens is 274 g/mol. The lowest BCUT2D eigenvalue weighted by Gasteiger charge is -2.31. The van der Waals surface area contributed by atoms with Gasteiger partial charge in [-0.1, -0.05) is 13.8 Å². The van der Waals surface area contributed by atoms with Gasteiger partial charge in [-0.3, -0.25) is 4.79 Å². The maximum atomic E-state index is 12.1. The summed E-state index contributed by atoms with van der Waals surface area (Å²) in [4.78, 5) is 23.0. The second-order valence-electron chi connectivity index (χ2n) is 6.38. The van der Waals surface area contributed by atoms with E-state index in [1.54, 1.807) is 0 Å². The Hall–Kier alpha value is -1.14. The Bertz CT molecular complexity index is 384. The second kappa shape index (κ2) is 7.22.